The van der Waals surface area contributed by atoms with Gasteiger partial charge in [-0.1, -0.05) is 23.3 Å². The molecular formula is C13H21NO. The van der Waals surface area contributed by atoms with E-state index in [9.17, 15) is 4.79 Å². The molecule has 1 atom stereocenters. The van der Waals surface area contributed by atoms with Crippen LogP contribution in [0.2, 0.25) is 0 Å². The molecule has 0 bridgehead atoms. The van der Waals surface area contributed by atoms with E-state index in [2.05, 4.69) is 32.9 Å². The average molecular weight is 207 g/mol. The number of rotatable bonds is 1. The third kappa shape index (κ3) is 3.90. The van der Waals surface area contributed by atoms with Crippen LogP contribution in [0.25, 0.3) is 0 Å². The van der Waals surface area contributed by atoms with Gasteiger partial charge < -0.3 is 4.90 Å². The summed E-state index contributed by atoms with van der Waals surface area (Å²) in [4.78, 5) is 12.8. The summed E-state index contributed by atoms with van der Waals surface area (Å²) < 4.78 is 0. The molecular weight excluding hydrogens is 186 g/mol. The van der Waals surface area contributed by atoms with Crippen LogP contribution >= 0.6 is 0 Å². The first-order chi connectivity index (χ1) is 7.13. The van der Waals surface area contributed by atoms with E-state index >= 15 is 0 Å². The number of amides is 1. The first kappa shape index (κ1) is 12.0. The summed E-state index contributed by atoms with van der Waals surface area (Å²) in [7, 11) is 0. The molecule has 0 N–H and O–H groups in total. The van der Waals surface area contributed by atoms with Crippen LogP contribution in [0.1, 0.15) is 40.0 Å². The highest BCUT2D eigenvalue weighted by Gasteiger charge is 2.09. The molecule has 0 aromatic carbocycles. The lowest BCUT2D eigenvalue weighted by Gasteiger charge is -2.23. The third-order valence-electron chi connectivity index (χ3n) is 2.98. The normalized spacial score (nSPS) is 31.1. The second kappa shape index (κ2) is 5.74. The molecule has 1 heterocycles. The van der Waals surface area contributed by atoms with Crippen LogP contribution in [0.15, 0.2) is 23.3 Å². The Bertz CT molecular complexity index is 278. The Kier molecular flexibility index (Phi) is 4.60. The van der Waals surface area contributed by atoms with Gasteiger partial charge in [0.25, 0.3) is 0 Å². The zero-order valence-corrected chi connectivity index (χ0v) is 9.99. The molecule has 0 spiro atoms. The van der Waals surface area contributed by atoms with E-state index < -0.39 is 0 Å². The summed E-state index contributed by atoms with van der Waals surface area (Å²) in [6.45, 7) is 7.22. The minimum Gasteiger partial charge on any atom is -0.339 e. The summed E-state index contributed by atoms with van der Waals surface area (Å²) in [5.41, 5.74) is 2.81. The number of allylic oxidation sites excluding steroid dienone is 2. The van der Waals surface area contributed by atoms with Gasteiger partial charge in [0.2, 0.25) is 6.41 Å². The molecule has 2 heteroatoms. The lowest BCUT2D eigenvalue weighted by atomic mass is 10.0. The summed E-state index contributed by atoms with van der Waals surface area (Å²) >= 11 is 0. The van der Waals surface area contributed by atoms with E-state index in [4.69, 9.17) is 0 Å². The van der Waals surface area contributed by atoms with Crippen molar-refractivity contribution in [3.8, 4) is 0 Å². The molecule has 1 rings (SSSR count). The Hall–Kier alpha value is -1.05. The highest BCUT2D eigenvalue weighted by molar-refractivity contribution is 5.48. The Labute approximate surface area is 92.7 Å². The highest BCUT2D eigenvalue weighted by atomic mass is 16.1. The van der Waals surface area contributed by atoms with Crippen LogP contribution in [0.4, 0.5) is 0 Å². The van der Waals surface area contributed by atoms with Crippen molar-refractivity contribution >= 4 is 6.41 Å². The predicted molar refractivity (Wildman–Crippen MR) is 63.6 cm³/mol. The minimum absolute atomic E-state index is 0.231. The van der Waals surface area contributed by atoms with Crippen molar-refractivity contribution in [2.75, 3.05) is 6.54 Å². The van der Waals surface area contributed by atoms with Crippen molar-refractivity contribution in [2.45, 2.75) is 46.1 Å². The van der Waals surface area contributed by atoms with Crippen molar-refractivity contribution in [2.24, 2.45) is 0 Å². The lowest BCUT2D eigenvalue weighted by Crippen LogP contribution is -2.31. The molecule has 0 aromatic rings. The van der Waals surface area contributed by atoms with E-state index in [-0.39, 0.29) is 6.04 Å². The Morgan fingerprint density at radius 1 is 1.33 bits per heavy atom. The molecule has 1 unspecified atom stereocenters. The Morgan fingerprint density at radius 3 is 2.67 bits per heavy atom. The number of nitrogens with zero attached hydrogens (tertiary/aromatic N) is 1. The van der Waals surface area contributed by atoms with E-state index in [0.29, 0.717) is 0 Å². The largest absolute Gasteiger partial charge is 0.339 e. The fourth-order valence-electron chi connectivity index (χ4n) is 1.90. The molecule has 1 aliphatic heterocycles. The monoisotopic (exact) mass is 207 g/mol. The predicted octanol–water partition coefficient (Wildman–Crippen LogP) is 2.91. The van der Waals surface area contributed by atoms with Crippen LogP contribution in [0, 0.1) is 0 Å². The van der Waals surface area contributed by atoms with Crippen LogP contribution in [-0.2, 0) is 4.79 Å². The molecule has 0 aliphatic carbocycles. The molecule has 0 aromatic heterocycles. The van der Waals surface area contributed by atoms with Gasteiger partial charge in [0.15, 0.2) is 0 Å². The van der Waals surface area contributed by atoms with E-state index in [1.807, 2.05) is 4.90 Å². The fourth-order valence-corrected chi connectivity index (χ4v) is 1.90. The fraction of sp³-hybridized carbons (Fsp3) is 0.615. The third-order valence-corrected chi connectivity index (χ3v) is 2.98. The van der Waals surface area contributed by atoms with Crippen LogP contribution < -0.4 is 0 Å². The molecule has 0 fully saturated rings. The molecule has 1 amide bonds. The van der Waals surface area contributed by atoms with Gasteiger partial charge in [-0.15, -0.1) is 0 Å². The summed E-state index contributed by atoms with van der Waals surface area (Å²) in [6.07, 6.45) is 8.64. The van der Waals surface area contributed by atoms with Gasteiger partial charge >= 0.3 is 0 Å². The van der Waals surface area contributed by atoms with Gasteiger partial charge in [-0.25, -0.2) is 0 Å². The Morgan fingerprint density at radius 2 is 2.00 bits per heavy atom. The summed E-state index contributed by atoms with van der Waals surface area (Å²) in [5, 5.41) is 0. The Balaban J connectivity index is 2.76. The topological polar surface area (TPSA) is 20.3 Å². The van der Waals surface area contributed by atoms with E-state index in [1.54, 1.807) is 0 Å². The van der Waals surface area contributed by atoms with Crippen LogP contribution in [0.3, 0.4) is 0 Å². The first-order valence-electron chi connectivity index (χ1n) is 5.67. The van der Waals surface area contributed by atoms with Gasteiger partial charge in [0.05, 0.1) is 0 Å². The number of hydrogen-bond acceptors (Lipinski definition) is 1. The van der Waals surface area contributed by atoms with Gasteiger partial charge in [-0.3, -0.25) is 4.79 Å². The van der Waals surface area contributed by atoms with Crippen molar-refractivity contribution in [1.29, 1.82) is 0 Å². The quantitative estimate of drug-likeness (QED) is 0.478. The zero-order valence-electron chi connectivity index (χ0n) is 9.99. The SMILES string of the molecule is C/C1=C\CCN(C=O)C(C)/C=C(\C)CC1. The molecule has 15 heavy (non-hydrogen) atoms. The van der Waals surface area contributed by atoms with E-state index in [1.165, 1.54) is 11.1 Å². The van der Waals surface area contributed by atoms with Crippen molar-refractivity contribution in [1.82, 2.24) is 4.90 Å². The molecule has 0 radical (unpaired) electrons. The van der Waals surface area contributed by atoms with Crippen LogP contribution in [-0.4, -0.2) is 23.9 Å². The second-order valence-corrected chi connectivity index (χ2v) is 4.44. The maximum atomic E-state index is 10.9. The second-order valence-electron chi connectivity index (χ2n) is 4.44. The van der Waals surface area contributed by atoms with Gasteiger partial charge in [0.1, 0.15) is 0 Å². The number of carbonyl (C=O) groups is 1. The summed E-state index contributed by atoms with van der Waals surface area (Å²) in [5.74, 6) is 0. The van der Waals surface area contributed by atoms with E-state index in [0.717, 1.165) is 32.2 Å². The lowest BCUT2D eigenvalue weighted by molar-refractivity contribution is -0.119. The van der Waals surface area contributed by atoms with Crippen molar-refractivity contribution in [3.63, 3.8) is 0 Å². The molecule has 0 saturated carbocycles. The number of carbonyl (C=O) groups excluding carboxylic acids is 1. The molecule has 84 valence electrons. The smallest absolute Gasteiger partial charge is 0.210 e. The maximum absolute atomic E-state index is 10.9. The molecule has 2 nitrogen and oxygen atoms in total. The molecule has 0 saturated heterocycles. The average Bonchev–Trinajstić information content (AvgIpc) is 2.20. The first-order valence-corrected chi connectivity index (χ1v) is 5.67. The van der Waals surface area contributed by atoms with Gasteiger partial charge in [0, 0.05) is 12.6 Å². The zero-order chi connectivity index (χ0) is 11.3. The minimum atomic E-state index is 0.231. The highest BCUT2D eigenvalue weighted by Crippen LogP contribution is 2.15. The van der Waals surface area contributed by atoms with Crippen LogP contribution in [0.5, 0.6) is 0 Å². The number of hydrogen-bond donors (Lipinski definition) is 0. The molecule has 1 aliphatic rings. The standard InChI is InChI=1S/C13H21NO/c1-11-5-4-8-14(10-15)13(3)9-12(2)7-6-11/h5,9-10,13H,4,6-8H2,1-3H3/b11-5+,12-9+. The van der Waals surface area contributed by atoms with Gasteiger partial charge in [-0.05, 0) is 40.0 Å². The summed E-state index contributed by atoms with van der Waals surface area (Å²) in [6, 6.07) is 0.231. The van der Waals surface area contributed by atoms with Crippen molar-refractivity contribution < 1.29 is 4.79 Å². The maximum Gasteiger partial charge on any atom is 0.210 e. The van der Waals surface area contributed by atoms with Crippen molar-refractivity contribution in [3.05, 3.63) is 23.3 Å². The van der Waals surface area contributed by atoms with Gasteiger partial charge in [-0.2, -0.15) is 0 Å².